The molecule has 1 atom stereocenters. The minimum absolute atomic E-state index is 0.189. The molecule has 0 spiro atoms. The maximum absolute atomic E-state index is 9.95. The second kappa shape index (κ2) is 7.76. The highest BCUT2D eigenvalue weighted by Gasteiger charge is 2.30. The lowest BCUT2D eigenvalue weighted by atomic mass is 9.82. The molecule has 0 saturated carbocycles. The van der Waals surface area contributed by atoms with Crippen LogP contribution in [-0.4, -0.2) is 11.1 Å². The third kappa shape index (κ3) is 3.38. The van der Waals surface area contributed by atoms with E-state index in [2.05, 4.69) is 48.5 Å². The van der Waals surface area contributed by atoms with Gasteiger partial charge in [0.25, 0.3) is 0 Å². The van der Waals surface area contributed by atoms with Gasteiger partial charge in [-0.3, -0.25) is 4.99 Å². The van der Waals surface area contributed by atoms with E-state index in [-0.39, 0.29) is 6.04 Å². The maximum atomic E-state index is 9.95. The third-order valence-corrected chi connectivity index (χ3v) is 5.88. The fourth-order valence-electron chi connectivity index (χ4n) is 3.58. The second-order valence-electron chi connectivity index (χ2n) is 6.54. The van der Waals surface area contributed by atoms with Crippen LogP contribution in [0.1, 0.15) is 30.4 Å². The standard InChI is InChI=1S/C23H20N2S/c24-15-20-22(18-11-5-2-6-12-18)19-13-7-8-14-21(19)25-23(20)26-16-17-9-3-1-4-10-17/h1-6,9-13,21H,7-8,14,16H2. The Labute approximate surface area is 159 Å². The molecular weight excluding hydrogens is 336 g/mol. The fraction of sp³-hybridized carbons (Fsp3) is 0.217. The predicted molar refractivity (Wildman–Crippen MR) is 110 cm³/mol. The predicted octanol–water partition coefficient (Wildman–Crippen LogP) is 5.79. The van der Waals surface area contributed by atoms with E-state index < -0.39 is 0 Å². The van der Waals surface area contributed by atoms with Gasteiger partial charge in [-0.25, -0.2) is 0 Å². The van der Waals surface area contributed by atoms with E-state index in [1.165, 1.54) is 11.1 Å². The van der Waals surface area contributed by atoms with Crippen molar-refractivity contribution in [1.29, 1.82) is 5.26 Å². The zero-order valence-corrected chi connectivity index (χ0v) is 15.4. The Bertz CT molecular complexity index is 918. The number of hydrogen-bond donors (Lipinski definition) is 0. The molecule has 26 heavy (non-hydrogen) atoms. The van der Waals surface area contributed by atoms with Gasteiger partial charge >= 0.3 is 0 Å². The Balaban J connectivity index is 1.74. The van der Waals surface area contributed by atoms with Crippen LogP contribution in [0.25, 0.3) is 5.57 Å². The first-order valence-corrected chi connectivity index (χ1v) is 10.0. The van der Waals surface area contributed by atoms with Crippen molar-refractivity contribution in [2.24, 2.45) is 4.99 Å². The van der Waals surface area contributed by atoms with Crippen molar-refractivity contribution in [2.45, 2.75) is 31.1 Å². The van der Waals surface area contributed by atoms with Crippen LogP contribution >= 0.6 is 11.8 Å². The third-order valence-electron chi connectivity index (χ3n) is 4.82. The summed E-state index contributed by atoms with van der Waals surface area (Å²) >= 11 is 1.68. The van der Waals surface area contributed by atoms with Crippen LogP contribution in [0.2, 0.25) is 0 Å². The molecule has 1 aliphatic heterocycles. The number of nitrogens with zero attached hydrogens (tertiary/aromatic N) is 2. The van der Waals surface area contributed by atoms with E-state index >= 15 is 0 Å². The minimum atomic E-state index is 0.189. The summed E-state index contributed by atoms with van der Waals surface area (Å²) < 4.78 is 0. The highest BCUT2D eigenvalue weighted by molar-refractivity contribution is 8.13. The summed E-state index contributed by atoms with van der Waals surface area (Å²) in [6, 6.07) is 23.3. The molecule has 4 rings (SSSR count). The Morgan fingerprint density at radius 3 is 2.50 bits per heavy atom. The topological polar surface area (TPSA) is 36.1 Å². The molecule has 0 aromatic heterocycles. The van der Waals surface area contributed by atoms with E-state index in [9.17, 15) is 5.26 Å². The Hall–Kier alpha value is -2.57. The molecule has 0 radical (unpaired) electrons. The van der Waals surface area contributed by atoms with Crippen molar-refractivity contribution in [3.05, 3.63) is 89.0 Å². The summed E-state index contributed by atoms with van der Waals surface area (Å²) in [6.45, 7) is 0. The van der Waals surface area contributed by atoms with E-state index in [0.717, 1.165) is 46.8 Å². The highest BCUT2D eigenvalue weighted by Crippen LogP contribution is 2.40. The molecule has 3 heteroatoms. The van der Waals surface area contributed by atoms with Crippen LogP contribution < -0.4 is 0 Å². The molecule has 1 unspecified atom stereocenters. The molecule has 2 aromatic carbocycles. The number of allylic oxidation sites excluding steroid dienone is 1. The molecule has 0 saturated heterocycles. The van der Waals surface area contributed by atoms with E-state index in [4.69, 9.17) is 4.99 Å². The Morgan fingerprint density at radius 1 is 1.04 bits per heavy atom. The van der Waals surface area contributed by atoms with Gasteiger partial charge in [-0.05, 0) is 36.0 Å². The lowest BCUT2D eigenvalue weighted by molar-refractivity contribution is 0.629. The molecule has 1 heterocycles. The van der Waals surface area contributed by atoms with Crippen LogP contribution in [0.15, 0.2) is 82.9 Å². The van der Waals surface area contributed by atoms with Crippen molar-refractivity contribution in [3.8, 4) is 6.07 Å². The first-order valence-electron chi connectivity index (χ1n) is 9.02. The molecule has 128 valence electrons. The number of nitriles is 1. The molecule has 2 aliphatic rings. The normalized spacial score (nSPS) is 19.3. The maximum Gasteiger partial charge on any atom is 0.110 e. The van der Waals surface area contributed by atoms with Gasteiger partial charge in [-0.2, -0.15) is 5.26 Å². The van der Waals surface area contributed by atoms with Gasteiger partial charge < -0.3 is 0 Å². The number of hydrogen-bond acceptors (Lipinski definition) is 3. The average molecular weight is 356 g/mol. The Kier molecular flexibility index (Phi) is 5.04. The largest absolute Gasteiger partial charge is 0.269 e. The monoisotopic (exact) mass is 356 g/mol. The van der Waals surface area contributed by atoms with E-state index in [1.807, 2.05) is 24.3 Å². The van der Waals surface area contributed by atoms with Gasteiger partial charge in [0.1, 0.15) is 11.1 Å². The number of dihydropyridines is 1. The van der Waals surface area contributed by atoms with Crippen molar-refractivity contribution in [3.63, 3.8) is 0 Å². The number of aliphatic imine (C=N–C) groups is 1. The molecule has 2 nitrogen and oxygen atoms in total. The van der Waals surface area contributed by atoms with Crippen LogP contribution in [0.4, 0.5) is 0 Å². The van der Waals surface area contributed by atoms with Crippen molar-refractivity contribution in [1.82, 2.24) is 0 Å². The van der Waals surface area contributed by atoms with Crippen LogP contribution in [0.5, 0.6) is 0 Å². The van der Waals surface area contributed by atoms with Crippen LogP contribution in [-0.2, 0) is 5.75 Å². The summed E-state index contributed by atoms with van der Waals surface area (Å²) in [4.78, 5) is 4.98. The van der Waals surface area contributed by atoms with Crippen LogP contribution in [0, 0.1) is 11.3 Å². The molecule has 0 N–H and O–H groups in total. The molecular formula is C23H20N2S. The highest BCUT2D eigenvalue weighted by atomic mass is 32.2. The van der Waals surface area contributed by atoms with Crippen molar-refractivity contribution in [2.75, 3.05) is 0 Å². The molecule has 0 amide bonds. The van der Waals surface area contributed by atoms with Gasteiger partial charge in [-0.1, -0.05) is 66.7 Å². The van der Waals surface area contributed by atoms with Gasteiger partial charge in [0.05, 0.1) is 11.6 Å². The van der Waals surface area contributed by atoms with Gasteiger partial charge in [0, 0.05) is 11.3 Å². The smallest absolute Gasteiger partial charge is 0.110 e. The number of rotatable bonds is 3. The van der Waals surface area contributed by atoms with Crippen LogP contribution in [0.3, 0.4) is 0 Å². The number of thioether (sulfide) groups is 1. The minimum Gasteiger partial charge on any atom is -0.269 e. The average Bonchev–Trinajstić information content (AvgIpc) is 2.72. The first kappa shape index (κ1) is 16.9. The van der Waals surface area contributed by atoms with Gasteiger partial charge in [0.2, 0.25) is 0 Å². The second-order valence-corrected chi connectivity index (χ2v) is 7.51. The summed E-state index contributed by atoms with van der Waals surface area (Å²) in [5.41, 5.74) is 5.42. The molecule has 2 aromatic rings. The van der Waals surface area contributed by atoms with E-state index in [0.29, 0.717) is 0 Å². The van der Waals surface area contributed by atoms with Gasteiger partial charge in [0.15, 0.2) is 0 Å². The molecule has 0 fully saturated rings. The summed E-state index contributed by atoms with van der Waals surface area (Å²) in [7, 11) is 0. The summed E-state index contributed by atoms with van der Waals surface area (Å²) in [5, 5.41) is 10.8. The zero-order chi connectivity index (χ0) is 17.8. The summed E-state index contributed by atoms with van der Waals surface area (Å²) in [5.74, 6) is 0.832. The van der Waals surface area contributed by atoms with Gasteiger partial charge in [-0.15, -0.1) is 11.8 Å². The first-order chi connectivity index (χ1) is 12.9. The van der Waals surface area contributed by atoms with E-state index in [1.54, 1.807) is 11.8 Å². The number of fused-ring (bicyclic) bond motifs is 1. The molecule has 0 bridgehead atoms. The quantitative estimate of drug-likeness (QED) is 0.698. The van der Waals surface area contributed by atoms with Crippen molar-refractivity contribution >= 4 is 22.4 Å². The fourth-order valence-corrected chi connectivity index (χ4v) is 4.56. The Morgan fingerprint density at radius 2 is 1.77 bits per heavy atom. The SMILES string of the molecule is N#CC1=C(c2ccccc2)C2=CCCCC2N=C1SCc1ccccc1. The number of benzene rings is 2. The zero-order valence-electron chi connectivity index (χ0n) is 14.6. The van der Waals surface area contributed by atoms with Crippen molar-refractivity contribution < 1.29 is 0 Å². The molecule has 1 aliphatic carbocycles. The summed E-state index contributed by atoms with van der Waals surface area (Å²) in [6.07, 6.45) is 5.59. The lowest BCUT2D eigenvalue weighted by Gasteiger charge is -2.29. The lowest BCUT2D eigenvalue weighted by Crippen LogP contribution is -2.22.